The van der Waals surface area contributed by atoms with Crippen LogP contribution in [0.25, 0.3) is 0 Å². The molecule has 4 atom stereocenters. The van der Waals surface area contributed by atoms with Crippen LogP contribution < -0.4 is 0 Å². The number of piperidine rings is 1. The van der Waals surface area contributed by atoms with Gasteiger partial charge in [0.05, 0.1) is 38.7 Å². The lowest BCUT2D eigenvalue weighted by Gasteiger charge is -2.50. The quantitative estimate of drug-likeness (QED) is 0.651. The highest BCUT2D eigenvalue weighted by atomic mass is 16.5. The average molecular weight is 355 g/mol. The van der Waals surface area contributed by atoms with Crippen LogP contribution in [0.3, 0.4) is 0 Å². The Hall–Kier alpha value is -1.63. The van der Waals surface area contributed by atoms with Crippen LogP contribution in [0.5, 0.6) is 0 Å². The molecule has 25 heavy (non-hydrogen) atoms. The number of unbranched alkanes of at least 4 members (excludes halogenated alkanes) is 1. The number of nitrogens with zero attached hydrogens (tertiary/aromatic N) is 1. The first kappa shape index (κ1) is 19.7. The third kappa shape index (κ3) is 3.38. The Bertz CT molecular complexity index is 522. The predicted octanol–water partition coefficient (Wildman–Crippen LogP) is 2.17. The van der Waals surface area contributed by atoms with Gasteiger partial charge < -0.3 is 14.2 Å². The second-order valence-electron chi connectivity index (χ2n) is 6.95. The molecule has 0 aromatic heterocycles. The minimum atomic E-state index is -0.576. The SMILES string of the molecule is CCCC[C@@]12CC[C@@H]([C@@H](CC(=O)OC)C(=O)[C@H]1COC)N2C(=O)OC. The fourth-order valence-electron chi connectivity index (χ4n) is 4.64. The normalized spacial score (nSPS) is 31.1. The van der Waals surface area contributed by atoms with Gasteiger partial charge >= 0.3 is 12.1 Å². The lowest BCUT2D eigenvalue weighted by Crippen LogP contribution is -2.65. The summed E-state index contributed by atoms with van der Waals surface area (Å²) in [7, 11) is 4.21. The van der Waals surface area contributed by atoms with Crippen molar-refractivity contribution < 1.29 is 28.6 Å². The van der Waals surface area contributed by atoms with Gasteiger partial charge in [-0.3, -0.25) is 14.5 Å². The van der Waals surface area contributed by atoms with Crippen LogP contribution in [-0.4, -0.2) is 62.3 Å². The summed E-state index contributed by atoms with van der Waals surface area (Å²) in [6, 6.07) is -0.316. The van der Waals surface area contributed by atoms with Gasteiger partial charge in [0.15, 0.2) is 0 Å². The fourth-order valence-corrected chi connectivity index (χ4v) is 4.64. The van der Waals surface area contributed by atoms with E-state index in [0.29, 0.717) is 6.42 Å². The van der Waals surface area contributed by atoms with Crippen LogP contribution >= 0.6 is 0 Å². The standard InChI is InChI=1S/C18H29NO6/c1-5-6-8-18-9-7-14(19(18)17(22)25-4)12(10-15(20)24-3)16(21)13(18)11-23-2/h12-14H,5-11H2,1-4H3/t12-,13-,14+,18-/m1/s1. The Kier molecular flexibility index (Phi) is 6.43. The highest BCUT2D eigenvalue weighted by molar-refractivity contribution is 5.92. The van der Waals surface area contributed by atoms with E-state index in [1.165, 1.54) is 14.2 Å². The van der Waals surface area contributed by atoms with E-state index in [4.69, 9.17) is 14.2 Å². The predicted molar refractivity (Wildman–Crippen MR) is 90.0 cm³/mol. The summed E-state index contributed by atoms with van der Waals surface area (Å²) >= 11 is 0. The molecule has 2 aliphatic heterocycles. The zero-order chi connectivity index (χ0) is 18.6. The molecule has 0 spiro atoms. The van der Waals surface area contributed by atoms with E-state index in [9.17, 15) is 14.4 Å². The van der Waals surface area contributed by atoms with E-state index in [0.717, 1.165) is 25.7 Å². The second-order valence-corrected chi connectivity index (χ2v) is 6.95. The highest BCUT2D eigenvalue weighted by Gasteiger charge is 2.63. The molecule has 2 fully saturated rings. The van der Waals surface area contributed by atoms with Gasteiger partial charge in [-0.05, 0) is 19.3 Å². The summed E-state index contributed by atoms with van der Waals surface area (Å²) in [6.45, 7) is 2.32. The van der Waals surface area contributed by atoms with Gasteiger partial charge in [0.1, 0.15) is 5.78 Å². The van der Waals surface area contributed by atoms with Crippen molar-refractivity contribution in [2.75, 3.05) is 27.9 Å². The van der Waals surface area contributed by atoms with Crippen LogP contribution in [-0.2, 0) is 23.8 Å². The highest BCUT2D eigenvalue weighted by Crippen LogP contribution is 2.52. The Labute approximate surface area is 149 Å². The molecule has 0 unspecified atom stereocenters. The van der Waals surface area contributed by atoms with Crippen molar-refractivity contribution >= 4 is 17.8 Å². The van der Waals surface area contributed by atoms with Crippen molar-refractivity contribution in [1.29, 1.82) is 0 Å². The molecule has 2 heterocycles. The molecule has 7 nitrogen and oxygen atoms in total. The van der Waals surface area contributed by atoms with E-state index in [1.54, 1.807) is 12.0 Å². The van der Waals surface area contributed by atoms with Crippen molar-refractivity contribution in [2.24, 2.45) is 11.8 Å². The Balaban J connectivity index is 2.45. The number of ether oxygens (including phenoxy) is 3. The molecule has 7 heteroatoms. The van der Waals surface area contributed by atoms with Crippen LogP contribution in [0.2, 0.25) is 0 Å². The minimum absolute atomic E-state index is 0.00556. The molecule has 1 amide bonds. The number of methoxy groups -OCH3 is 3. The summed E-state index contributed by atoms with van der Waals surface area (Å²) in [5, 5.41) is 0. The van der Waals surface area contributed by atoms with E-state index >= 15 is 0 Å². The number of Topliss-reactive ketones (excluding diaryl/α,β-unsaturated/α-hetero) is 1. The molecule has 142 valence electrons. The Morgan fingerprint density at radius 1 is 1.24 bits per heavy atom. The third-order valence-electron chi connectivity index (χ3n) is 5.79. The molecule has 0 aliphatic carbocycles. The maximum atomic E-state index is 13.2. The first-order valence-electron chi connectivity index (χ1n) is 8.93. The largest absolute Gasteiger partial charge is 0.469 e. The molecule has 2 saturated heterocycles. The van der Waals surface area contributed by atoms with Crippen molar-refractivity contribution in [3.63, 3.8) is 0 Å². The number of ketones is 1. The van der Waals surface area contributed by atoms with Gasteiger partial charge in [0.2, 0.25) is 0 Å². The number of amides is 1. The number of esters is 1. The number of carbonyl (C=O) groups is 3. The summed E-state index contributed by atoms with van der Waals surface area (Å²) in [5.74, 6) is -1.45. The summed E-state index contributed by atoms with van der Waals surface area (Å²) in [6.07, 6.45) is 3.59. The average Bonchev–Trinajstić information content (AvgIpc) is 2.95. The first-order chi connectivity index (χ1) is 12.0. The maximum Gasteiger partial charge on any atom is 0.410 e. The first-order valence-corrected chi connectivity index (χ1v) is 8.93. The molecular formula is C18H29NO6. The zero-order valence-electron chi connectivity index (χ0n) is 15.6. The Morgan fingerprint density at radius 2 is 1.96 bits per heavy atom. The minimum Gasteiger partial charge on any atom is -0.469 e. The van der Waals surface area contributed by atoms with Gasteiger partial charge in [-0.15, -0.1) is 0 Å². The van der Waals surface area contributed by atoms with Crippen LogP contribution in [0.15, 0.2) is 0 Å². The molecule has 0 saturated carbocycles. The maximum absolute atomic E-state index is 13.2. The van der Waals surface area contributed by atoms with Gasteiger partial charge in [0.25, 0.3) is 0 Å². The van der Waals surface area contributed by atoms with Crippen molar-refractivity contribution in [2.45, 2.75) is 57.0 Å². The molecule has 2 aliphatic rings. The van der Waals surface area contributed by atoms with E-state index in [1.807, 2.05) is 0 Å². The van der Waals surface area contributed by atoms with Crippen LogP contribution in [0.4, 0.5) is 4.79 Å². The van der Waals surface area contributed by atoms with Crippen molar-refractivity contribution in [3.05, 3.63) is 0 Å². The monoisotopic (exact) mass is 355 g/mol. The zero-order valence-corrected chi connectivity index (χ0v) is 15.6. The molecule has 2 bridgehead atoms. The van der Waals surface area contributed by atoms with E-state index in [2.05, 4.69) is 6.92 Å². The lowest BCUT2D eigenvalue weighted by atomic mass is 9.70. The summed E-state index contributed by atoms with van der Waals surface area (Å²) < 4.78 is 15.1. The smallest absolute Gasteiger partial charge is 0.410 e. The van der Waals surface area contributed by atoms with Gasteiger partial charge in [-0.25, -0.2) is 4.79 Å². The fraction of sp³-hybridized carbons (Fsp3) is 0.833. The molecule has 0 aromatic rings. The van der Waals surface area contributed by atoms with Crippen molar-refractivity contribution in [3.8, 4) is 0 Å². The lowest BCUT2D eigenvalue weighted by molar-refractivity contribution is -0.152. The molecule has 0 radical (unpaired) electrons. The van der Waals surface area contributed by atoms with Crippen LogP contribution in [0, 0.1) is 11.8 Å². The molecule has 0 N–H and O–H groups in total. The summed E-state index contributed by atoms with van der Waals surface area (Å²) in [5.41, 5.74) is -0.576. The van der Waals surface area contributed by atoms with Gasteiger partial charge in [0, 0.05) is 19.1 Å². The second kappa shape index (κ2) is 8.17. The topological polar surface area (TPSA) is 82.1 Å². The van der Waals surface area contributed by atoms with Gasteiger partial charge in [-0.1, -0.05) is 19.8 Å². The third-order valence-corrected chi connectivity index (χ3v) is 5.79. The number of hydrogen-bond acceptors (Lipinski definition) is 6. The number of hydrogen-bond donors (Lipinski definition) is 0. The Morgan fingerprint density at radius 3 is 2.52 bits per heavy atom. The number of rotatable bonds is 7. The van der Waals surface area contributed by atoms with Crippen molar-refractivity contribution in [1.82, 2.24) is 4.90 Å². The van der Waals surface area contributed by atoms with Crippen LogP contribution in [0.1, 0.15) is 45.4 Å². The van der Waals surface area contributed by atoms with E-state index in [-0.39, 0.29) is 24.9 Å². The van der Waals surface area contributed by atoms with Gasteiger partial charge in [-0.2, -0.15) is 0 Å². The summed E-state index contributed by atoms with van der Waals surface area (Å²) in [4.78, 5) is 39.3. The number of carbonyl (C=O) groups excluding carboxylic acids is 3. The molecule has 2 rings (SSSR count). The van der Waals surface area contributed by atoms with E-state index < -0.39 is 29.4 Å². The molecule has 0 aromatic carbocycles. The number of fused-ring (bicyclic) bond motifs is 2. The molecular weight excluding hydrogens is 326 g/mol.